The van der Waals surface area contributed by atoms with Gasteiger partial charge in [-0.25, -0.2) is 13.1 Å². The molecule has 1 aromatic carbocycles. The molecule has 0 spiro atoms. The zero-order valence-electron chi connectivity index (χ0n) is 13.9. The quantitative estimate of drug-likeness (QED) is 0.726. The highest BCUT2D eigenvalue weighted by atomic mass is 35.5. The number of aryl methyl sites for hydroxylation is 2. The maximum atomic E-state index is 12.4. The summed E-state index contributed by atoms with van der Waals surface area (Å²) in [5.41, 5.74) is 1.63. The average Bonchev–Trinajstić information content (AvgIpc) is 2.53. The van der Waals surface area contributed by atoms with Gasteiger partial charge >= 0.3 is 0 Å². The summed E-state index contributed by atoms with van der Waals surface area (Å²) in [5, 5.41) is 2.71. The van der Waals surface area contributed by atoms with Crippen LogP contribution in [0.1, 0.15) is 27.2 Å². The number of rotatable bonds is 5. The predicted molar refractivity (Wildman–Crippen MR) is 95.4 cm³/mol. The Morgan fingerprint density at radius 2 is 1.92 bits per heavy atom. The van der Waals surface area contributed by atoms with Crippen molar-refractivity contribution < 1.29 is 13.2 Å². The Balaban J connectivity index is 2.28. The second-order valence-electron chi connectivity index (χ2n) is 5.47. The number of carbonyl (C=O) groups excluding carboxylic acids is 1. The molecule has 0 aliphatic carbocycles. The van der Waals surface area contributed by atoms with Crippen molar-refractivity contribution in [2.24, 2.45) is 0 Å². The summed E-state index contributed by atoms with van der Waals surface area (Å²) < 4.78 is 25.9. The summed E-state index contributed by atoms with van der Waals surface area (Å²) in [6.07, 6.45) is 0. The largest absolute Gasteiger partial charge is 0.348 e. The van der Waals surface area contributed by atoms with Crippen molar-refractivity contribution in [3.63, 3.8) is 0 Å². The minimum atomic E-state index is -3.70. The molecular weight excluding hydrogens is 366 g/mol. The van der Waals surface area contributed by atoms with E-state index in [2.05, 4.69) is 15.0 Å². The summed E-state index contributed by atoms with van der Waals surface area (Å²) in [5.74, 6) is -0.572. The molecule has 3 N–H and O–H groups in total. The Morgan fingerprint density at radius 1 is 1.24 bits per heavy atom. The predicted octanol–water partition coefficient (Wildman–Crippen LogP) is 1.48. The summed E-state index contributed by atoms with van der Waals surface area (Å²) in [6.45, 7) is 3.54. The number of aromatic nitrogens is 1. The number of halogens is 1. The minimum Gasteiger partial charge on any atom is -0.348 e. The maximum absolute atomic E-state index is 12.4. The van der Waals surface area contributed by atoms with E-state index in [0.717, 1.165) is 11.3 Å². The number of benzene rings is 1. The Morgan fingerprint density at radius 3 is 2.52 bits per heavy atom. The van der Waals surface area contributed by atoms with Crippen molar-refractivity contribution in [3.8, 4) is 0 Å². The van der Waals surface area contributed by atoms with Gasteiger partial charge in [-0.1, -0.05) is 11.6 Å². The van der Waals surface area contributed by atoms with Gasteiger partial charge in [0.2, 0.25) is 10.0 Å². The van der Waals surface area contributed by atoms with Crippen LogP contribution < -0.4 is 15.6 Å². The van der Waals surface area contributed by atoms with Gasteiger partial charge in [-0.2, -0.15) is 0 Å². The fourth-order valence-electron chi connectivity index (χ4n) is 2.33. The first-order valence-electron chi connectivity index (χ1n) is 7.36. The molecule has 0 saturated heterocycles. The molecule has 2 aromatic rings. The van der Waals surface area contributed by atoms with Crippen molar-refractivity contribution >= 4 is 27.5 Å². The standard InChI is InChI=1S/C16H18ClN3O4S/c1-9-6-10(2)20-16(22)13(9)8-19-15(21)12-7-11(4-5-14(12)17)25(23,24)18-3/h4-7,18H,8H2,1-3H3,(H,19,21)(H,20,22). The molecule has 0 bridgehead atoms. The Kier molecular flexibility index (Phi) is 5.66. The monoisotopic (exact) mass is 383 g/mol. The van der Waals surface area contributed by atoms with E-state index in [1.165, 1.54) is 25.2 Å². The van der Waals surface area contributed by atoms with Crippen molar-refractivity contribution in [2.45, 2.75) is 25.3 Å². The number of nitrogens with one attached hydrogen (secondary N) is 3. The van der Waals surface area contributed by atoms with E-state index in [0.29, 0.717) is 5.56 Å². The Bertz CT molecular complexity index is 983. The molecule has 7 nitrogen and oxygen atoms in total. The summed E-state index contributed by atoms with van der Waals surface area (Å²) >= 11 is 6.01. The van der Waals surface area contributed by atoms with Gasteiger partial charge in [-0.05, 0) is 50.7 Å². The minimum absolute atomic E-state index is 0.000383. The van der Waals surface area contributed by atoms with E-state index < -0.39 is 15.9 Å². The highest BCUT2D eigenvalue weighted by Crippen LogP contribution is 2.20. The van der Waals surface area contributed by atoms with Gasteiger partial charge in [-0.3, -0.25) is 9.59 Å². The van der Waals surface area contributed by atoms with Crippen molar-refractivity contribution in [1.29, 1.82) is 0 Å². The molecule has 1 heterocycles. The third-order valence-corrected chi connectivity index (χ3v) is 5.42. The molecule has 1 amide bonds. The molecule has 25 heavy (non-hydrogen) atoms. The first-order chi connectivity index (χ1) is 11.7. The van der Waals surface area contributed by atoms with Crippen LogP contribution in [-0.4, -0.2) is 26.4 Å². The number of hydrogen-bond acceptors (Lipinski definition) is 4. The lowest BCUT2D eigenvalue weighted by Gasteiger charge is -2.10. The van der Waals surface area contributed by atoms with Gasteiger partial charge in [0, 0.05) is 17.8 Å². The van der Waals surface area contributed by atoms with Gasteiger partial charge in [0.15, 0.2) is 0 Å². The zero-order valence-corrected chi connectivity index (χ0v) is 15.5. The highest BCUT2D eigenvalue weighted by molar-refractivity contribution is 7.89. The topological polar surface area (TPSA) is 108 Å². The first kappa shape index (κ1) is 19.2. The van der Waals surface area contributed by atoms with Crippen molar-refractivity contribution in [1.82, 2.24) is 15.0 Å². The SMILES string of the molecule is CNS(=O)(=O)c1ccc(Cl)c(C(=O)NCc2c(C)cc(C)[nH]c2=O)c1. The van der Waals surface area contributed by atoms with Gasteiger partial charge in [0.05, 0.1) is 15.5 Å². The van der Waals surface area contributed by atoms with Gasteiger partial charge < -0.3 is 10.3 Å². The van der Waals surface area contributed by atoms with Crippen LogP contribution in [0.15, 0.2) is 34.0 Å². The van der Waals surface area contributed by atoms with Crippen LogP contribution in [0.5, 0.6) is 0 Å². The molecule has 1 aromatic heterocycles. The third kappa shape index (κ3) is 4.28. The molecule has 9 heteroatoms. The fourth-order valence-corrected chi connectivity index (χ4v) is 3.29. The fraction of sp³-hybridized carbons (Fsp3) is 0.250. The molecule has 0 fully saturated rings. The number of H-pyrrole nitrogens is 1. The Labute approximate surface area is 150 Å². The molecular formula is C16H18ClN3O4S. The molecule has 0 saturated carbocycles. The molecule has 2 rings (SSSR count). The van der Waals surface area contributed by atoms with Gasteiger partial charge in [0.1, 0.15) is 0 Å². The van der Waals surface area contributed by atoms with Crippen LogP contribution >= 0.6 is 11.6 Å². The molecule has 134 valence electrons. The van der Waals surface area contributed by atoms with Crippen molar-refractivity contribution in [2.75, 3.05) is 7.05 Å². The average molecular weight is 384 g/mol. The second-order valence-corrected chi connectivity index (χ2v) is 7.77. The smallest absolute Gasteiger partial charge is 0.253 e. The molecule has 0 unspecified atom stereocenters. The molecule has 0 radical (unpaired) electrons. The second kappa shape index (κ2) is 7.38. The summed E-state index contributed by atoms with van der Waals surface area (Å²) in [6, 6.07) is 5.64. The number of sulfonamides is 1. The summed E-state index contributed by atoms with van der Waals surface area (Å²) in [7, 11) is -2.43. The van der Waals surface area contributed by atoms with E-state index in [1.54, 1.807) is 19.9 Å². The number of hydrogen-bond donors (Lipinski definition) is 3. The van der Waals surface area contributed by atoms with E-state index in [-0.39, 0.29) is 27.6 Å². The van der Waals surface area contributed by atoms with Crippen LogP contribution in [0.2, 0.25) is 5.02 Å². The highest BCUT2D eigenvalue weighted by Gasteiger charge is 2.18. The molecule has 0 atom stereocenters. The number of amides is 1. The zero-order chi connectivity index (χ0) is 18.8. The lowest BCUT2D eigenvalue weighted by atomic mass is 10.1. The molecule has 0 aliphatic heterocycles. The third-order valence-electron chi connectivity index (χ3n) is 3.68. The Hall–Kier alpha value is -2.16. The molecule has 0 aliphatic rings. The van der Waals surface area contributed by atoms with E-state index in [4.69, 9.17) is 11.6 Å². The number of pyridine rings is 1. The van der Waals surface area contributed by atoms with E-state index in [1.807, 2.05) is 0 Å². The van der Waals surface area contributed by atoms with E-state index >= 15 is 0 Å². The van der Waals surface area contributed by atoms with Crippen LogP contribution in [0.25, 0.3) is 0 Å². The van der Waals surface area contributed by atoms with E-state index in [9.17, 15) is 18.0 Å². The van der Waals surface area contributed by atoms with Crippen LogP contribution in [-0.2, 0) is 16.6 Å². The van der Waals surface area contributed by atoms with Crippen LogP contribution in [0.3, 0.4) is 0 Å². The van der Waals surface area contributed by atoms with Gasteiger partial charge in [-0.15, -0.1) is 0 Å². The first-order valence-corrected chi connectivity index (χ1v) is 9.22. The maximum Gasteiger partial charge on any atom is 0.253 e. The lowest BCUT2D eigenvalue weighted by Crippen LogP contribution is -2.28. The normalized spacial score (nSPS) is 11.4. The number of aromatic amines is 1. The summed E-state index contributed by atoms with van der Waals surface area (Å²) in [4.78, 5) is 26.9. The lowest BCUT2D eigenvalue weighted by molar-refractivity contribution is 0.0950. The van der Waals surface area contributed by atoms with Crippen molar-refractivity contribution in [3.05, 3.63) is 62.0 Å². The number of carbonyl (C=O) groups is 1. The van der Waals surface area contributed by atoms with Gasteiger partial charge in [0.25, 0.3) is 11.5 Å². The van der Waals surface area contributed by atoms with Crippen LogP contribution in [0.4, 0.5) is 0 Å². The van der Waals surface area contributed by atoms with Crippen LogP contribution in [0, 0.1) is 13.8 Å².